The second-order valence-electron chi connectivity index (χ2n) is 7.11. The Bertz CT molecular complexity index is 809. The Hall–Kier alpha value is -2.19. The zero-order valence-electron chi connectivity index (χ0n) is 16.0. The average molecular weight is 404 g/mol. The first-order chi connectivity index (χ1) is 13.7. The van der Waals surface area contributed by atoms with Crippen LogP contribution in [-0.4, -0.2) is 72.0 Å². The number of carbonyl (C=O) groups is 1. The van der Waals surface area contributed by atoms with E-state index in [0.29, 0.717) is 28.9 Å². The SMILES string of the molecule is COc1ccc(-c2onc(N3CCC(N4CCSCC4)CC3)c2C(=O)O)cc1. The maximum absolute atomic E-state index is 12.0. The molecule has 0 saturated carbocycles. The zero-order valence-corrected chi connectivity index (χ0v) is 16.8. The lowest BCUT2D eigenvalue weighted by molar-refractivity contribution is 0.0697. The molecule has 4 rings (SSSR count). The molecule has 0 radical (unpaired) electrons. The molecule has 1 aromatic carbocycles. The quantitative estimate of drug-likeness (QED) is 0.816. The van der Waals surface area contributed by atoms with Gasteiger partial charge in [0.05, 0.1) is 7.11 Å². The minimum absolute atomic E-state index is 0.137. The van der Waals surface area contributed by atoms with Crippen LogP contribution in [0.25, 0.3) is 11.3 Å². The highest BCUT2D eigenvalue weighted by Gasteiger charge is 2.31. The van der Waals surface area contributed by atoms with Crippen LogP contribution in [0, 0.1) is 0 Å². The smallest absolute Gasteiger partial charge is 0.343 e. The Kier molecular flexibility index (Phi) is 5.77. The van der Waals surface area contributed by atoms with Crippen molar-refractivity contribution in [1.82, 2.24) is 10.1 Å². The number of thioether (sulfide) groups is 1. The lowest BCUT2D eigenvalue weighted by Gasteiger charge is -2.40. The largest absolute Gasteiger partial charge is 0.497 e. The van der Waals surface area contributed by atoms with Gasteiger partial charge in [0, 0.05) is 49.3 Å². The third-order valence-corrected chi connectivity index (χ3v) is 6.51. The summed E-state index contributed by atoms with van der Waals surface area (Å²) in [5, 5.41) is 14.0. The van der Waals surface area contributed by atoms with Crippen molar-refractivity contribution in [3.05, 3.63) is 29.8 Å². The average Bonchev–Trinajstić information content (AvgIpc) is 3.20. The number of aromatic nitrogens is 1. The maximum Gasteiger partial charge on any atom is 0.343 e. The van der Waals surface area contributed by atoms with Gasteiger partial charge in [-0.3, -0.25) is 4.90 Å². The Morgan fingerprint density at radius 2 is 1.86 bits per heavy atom. The number of benzene rings is 1. The molecule has 2 aliphatic rings. The van der Waals surface area contributed by atoms with Crippen molar-refractivity contribution < 1.29 is 19.2 Å². The molecule has 28 heavy (non-hydrogen) atoms. The van der Waals surface area contributed by atoms with E-state index in [1.54, 1.807) is 31.4 Å². The second-order valence-corrected chi connectivity index (χ2v) is 8.34. The molecule has 0 bridgehead atoms. The van der Waals surface area contributed by atoms with Crippen molar-refractivity contribution in [3.63, 3.8) is 0 Å². The Morgan fingerprint density at radius 3 is 2.46 bits per heavy atom. The van der Waals surface area contributed by atoms with Crippen LogP contribution >= 0.6 is 11.8 Å². The Morgan fingerprint density at radius 1 is 1.18 bits per heavy atom. The van der Waals surface area contributed by atoms with Gasteiger partial charge in [0.1, 0.15) is 5.75 Å². The second kappa shape index (κ2) is 8.45. The summed E-state index contributed by atoms with van der Waals surface area (Å²) in [6.07, 6.45) is 2.04. The van der Waals surface area contributed by atoms with E-state index in [1.165, 1.54) is 11.5 Å². The van der Waals surface area contributed by atoms with Crippen molar-refractivity contribution >= 4 is 23.5 Å². The molecule has 1 N–H and O–H groups in total. The number of hydrogen-bond donors (Lipinski definition) is 1. The van der Waals surface area contributed by atoms with Crippen molar-refractivity contribution in [2.45, 2.75) is 18.9 Å². The van der Waals surface area contributed by atoms with Gasteiger partial charge < -0.3 is 19.3 Å². The molecule has 0 amide bonds. The third kappa shape index (κ3) is 3.84. The maximum atomic E-state index is 12.0. The number of nitrogens with zero attached hydrogens (tertiary/aromatic N) is 3. The number of hydrogen-bond acceptors (Lipinski definition) is 7. The van der Waals surface area contributed by atoms with E-state index < -0.39 is 5.97 Å². The van der Waals surface area contributed by atoms with Gasteiger partial charge in [0.2, 0.25) is 0 Å². The first-order valence-corrected chi connectivity index (χ1v) is 10.8. The number of anilines is 1. The highest BCUT2D eigenvalue weighted by Crippen LogP contribution is 2.34. The molecule has 0 unspecified atom stereocenters. The summed E-state index contributed by atoms with van der Waals surface area (Å²) in [6.45, 7) is 3.90. The first-order valence-electron chi connectivity index (χ1n) is 9.61. The summed E-state index contributed by atoms with van der Waals surface area (Å²) >= 11 is 2.02. The summed E-state index contributed by atoms with van der Waals surface area (Å²) in [6, 6.07) is 7.72. The van der Waals surface area contributed by atoms with Gasteiger partial charge in [-0.05, 0) is 37.1 Å². The number of piperidine rings is 1. The highest BCUT2D eigenvalue weighted by atomic mass is 32.2. The molecule has 2 saturated heterocycles. The summed E-state index contributed by atoms with van der Waals surface area (Å²) in [4.78, 5) is 16.6. The van der Waals surface area contributed by atoms with Crippen LogP contribution in [0.1, 0.15) is 23.2 Å². The van der Waals surface area contributed by atoms with E-state index in [0.717, 1.165) is 39.0 Å². The molecule has 1 aromatic heterocycles. The first kappa shape index (κ1) is 19.1. The molecule has 2 aliphatic heterocycles. The number of carboxylic acid groups (broad SMARTS) is 1. The summed E-state index contributed by atoms with van der Waals surface area (Å²) < 4.78 is 10.7. The van der Waals surface area contributed by atoms with Crippen LogP contribution in [-0.2, 0) is 0 Å². The van der Waals surface area contributed by atoms with Gasteiger partial charge in [0.25, 0.3) is 0 Å². The van der Waals surface area contributed by atoms with E-state index >= 15 is 0 Å². The van der Waals surface area contributed by atoms with Crippen molar-refractivity contribution in [2.75, 3.05) is 49.7 Å². The van der Waals surface area contributed by atoms with Gasteiger partial charge in [-0.1, -0.05) is 5.16 Å². The standard InChI is InChI=1S/C20H25N3O4S/c1-26-16-4-2-14(3-5-16)18-17(20(24)25)19(21-27-18)23-8-6-15(7-9-23)22-10-12-28-13-11-22/h2-5,15H,6-13H2,1H3,(H,24,25). The van der Waals surface area contributed by atoms with Crippen LogP contribution in [0.5, 0.6) is 5.75 Å². The van der Waals surface area contributed by atoms with Gasteiger partial charge >= 0.3 is 5.97 Å². The molecule has 0 aliphatic carbocycles. The molecule has 2 aromatic rings. The number of carboxylic acids is 1. The predicted molar refractivity (Wildman–Crippen MR) is 110 cm³/mol. The molecule has 0 atom stereocenters. The highest BCUT2D eigenvalue weighted by molar-refractivity contribution is 7.99. The molecule has 2 fully saturated rings. The molecule has 150 valence electrons. The van der Waals surface area contributed by atoms with Crippen LogP contribution in [0.2, 0.25) is 0 Å². The Balaban J connectivity index is 1.52. The summed E-state index contributed by atoms with van der Waals surface area (Å²) in [5.74, 6) is 2.83. The molecular weight excluding hydrogens is 378 g/mol. The van der Waals surface area contributed by atoms with Gasteiger partial charge in [-0.15, -0.1) is 0 Å². The fraction of sp³-hybridized carbons (Fsp3) is 0.500. The number of aromatic carboxylic acids is 1. The molecule has 0 spiro atoms. The zero-order chi connectivity index (χ0) is 19.5. The lowest BCUT2D eigenvalue weighted by Crippen LogP contribution is -2.48. The topological polar surface area (TPSA) is 79.0 Å². The normalized spacial score (nSPS) is 19.0. The van der Waals surface area contributed by atoms with Gasteiger partial charge in [-0.25, -0.2) is 4.79 Å². The minimum Gasteiger partial charge on any atom is -0.497 e. The van der Waals surface area contributed by atoms with Crippen molar-refractivity contribution in [1.29, 1.82) is 0 Å². The molecule has 8 heteroatoms. The Labute approximate surface area is 168 Å². The summed E-state index contributed by atoms with van der Waals surface area (Å²) in [5.41, 5.74) is 0.815. The van der Waals surface area contributed by atoms with Crippen LogP contribution in [0.15, 0.2) is 28.8 Å². The molecule has 7 nitrogen and oxygen atoms in total. The van der Waals surface area contributed by atoms with Crippen LogP contribution in [0.3, 0.4) is 0 Å². The fourth-order valence-electron chi connectivity index (χ4n) is 4.02. The van der Waals surface area contributed by atoms with Crippen LogP contribution < -0.4 is 9.64 Å². The number of methoxy groups -OCH3 is 1. The monoisotopic (exact) mass is 403 g/mol. The molecular formula is C20H25N3O4S. The van der Waals surface area contributed by atoms with Gasteiger partial charge in [0.15, 0.2) is 17.1 Å². The third-order valence-electron chi connectivity index (χ3n) is 5.57. The lowest BCUT2D eigenvalue weighted by atomic mass is 10.0. The number of ether oxygens (including phenoxy) is 1. The van der Waals surface area contributed by atoms with E-state index in [2.05, 4.69) is 15.0 Å². The van der Waals surface area contributed by atoms with Crippen molar-refractivity contribution in [3.8, 4) is 17.1 Å². The molecule has 3 heterocycles. The van der Waals surface area contributed by atoms with Gasteiger partial charge in [-0.2, -0.15) is 11.8 Å². The summed E-state index contributed by atoms with van der Waals surface area (Å²) in [7, 11) is 1.59. The van der Waals surface area contributed by atoms with E-state index in [-0.39, 0.29) is 5.56 Å². The minimum atomic E-state index is -1.02. The predicted octanol–water partition coefficient (Wildman–Crippen LogP) is 3.07. The van der Waals surface area contributed by atoms with E-state index in [1.807, 2.05) is 11.8 Å². The fourth-order valence-corrected chi connectivity index (χ4v) is 4.95. The van der Waals surface area contributed by atoms with Crippen LogP contribution in [0.4, 0.5) is 5.82 Å². The van der Waals surface area contributed by atoms with Crippen molar-refractivity contribution in [2.24, 2.45) is 0 Å². The van der Waals surface area contributed by atoms with E-state index in [4.69, 9.17) is 9.26 Å². The number of rotatable bonds is 5. The van der Waals surface area contributed by atoms with E-state index in [9.17, 15) is 9.90 Å².